The summed E-state index contributed by atoms with van der Waals surface area (Å²) in [5, 5.41) is 0.581. The third kappa shape index (κ3) is 5.60. The molecule has 20 heavy (non-hydrogen) atoms. The van der Waals surface area contributed by atoms with E-state index in [9.17, 15) is 8.42 Å². The van der Waals surface area contributed by atoms with Gasteiger partial charge in [0.25, 0.3) is 10.1 Å². The summed E-state index contributed by atoms with van der Waals surface area (Å²) in [5.74, 6) is 0. The fourth-order valence-corrected chi connectivity index (χ4v) is 3.39. The quantitative estimate of drug-likeness (QED) is 0.527. The Morgan fingerprint density at radius 2 is 1.50 bits per heavy atom. The van der Waals surface area contributed by atoms with Crippen molar-refractivity contribution in [2.75, 3.05) is 0 Å². The third-order valence-corrected chi connectivity index (χ3v) is 4.70. The molecular weight excluding hydrogens is 319 g/mol. The average Bonchev–Trinajstić information content (AvgIpc) is 2.34. The van der Waals surface area contributed by atoms with E-state index in [1.807, 2.05) is 0 Å². The molecule has 114 valence electrons. The first-order chi connectivity index (χ1) is 9.36. The van der Waals surface area contributed by atoms with E-state index in [4.69, 9.17) is 27.8 Å². The molecule has 0 atom stereocenters. The van der Waals surface area contributed by atoms with Gasteiger partial charge in [-0.15, -0.1) is 0 Å². The third-order valence-electron chi connectivity index (χ3n) is 3.19. The van der Waals surface area contributed by atoms with Crippen LogP contribution >= 0.6 is 23.2 Å². The highest BCUT2D eigenvalue weighted by Crippen LogP contribution is 2.30. The SMILES string of the molecule is CCCCCCCCc1c(Cl)cc(S(=O)(=O)O)cc1Cl. The Morgan fingerprint density at radius 3 is 2.00 bits per heavy atom. The molecule has 0 saturated carbocycles. The van der Waals surface area contributed by atoms with Crippen molar-refractivity contribution >= 4 is 33.3 Å². The zero-order valence-corrected chi connectivity index (χ0v) is 13.9. The van der Waals surface area contributed by atoms with E-state index in [2.05, 4.69) is 6.92 Å². The Balaban J connectivity index is 2.63. The molecule has 0 aliphatic heterocycles. The summed E-state index contributed by atoms with van der Waals surface area (Å²) < 4.78 is 31.1. The minimum absolute atomic E-state index is 0.265. The van der Waals surface area contributed by atoms with Gasteiger partial charge in [0, 0.05) is 10.0 Å². The second-order valence-electron chi connectivity index (χ2n) is 4.86. The lowest BCUT2D eigenvalue weighted by molar-refractivity contribution is 0.483. The summed E-state index contributed by atoms with van der Waals surface area (Å²) in [4.78, 5) is -0.265. The Morgan fingerprint density at radius 1 is 1.00 bits per heavy atom. The predicted molar refractivity (Wildman–Crippen MR) is 83.4 cm³/mol. The second-order valence-corrected chi connectivity index (χ2v) is 7.09. The van der Waals surface area contributed by atoms with Crippen LogP contribution in [0, 0.1) is 0 Å². The van der Waals surface area contributed by atoms with Crippen molar-refractivity contribution in [2.45, 2.75) is 56.8 Å². The molecule has 0 saturated heterocycles. The first-order valence-corrected chi connectivity index (χ1v) is 9.01. The topological polar surface area (TPSA) is 54.4 Å². The Labute approximate surface area is 131 Å². The van der Waals surface area contributed by atoms with Gasteiger partial charge >= 0.3 is 0 Å². The number of benzene rings is 1. The van der Waals surface area contributed by atoms with Crippen molar-refractivity contribution in [3.8, 4) is 0 Å². The van der Waals surface area contributed by atoms with E-state index in [0.717, 1.165) is 24.8 Å². The largest absolute Gasteiger partial charge is 0.294 e. The summed E-state index contributed by atoms with van der Waals surface area (Å²) in [5.41, 5.74) is 0.747. The summed E-state index contributed by atoms with van der Waals surface area (Å²) >= 11 is 12.1. The van der Waals surface area contributed by atoms with Gasteiger partial charge in [-0.05, 0) is 30.5 Å². The number of rotatable bonds is 8. The number of hydrogen-bond donors (Lipinski definition) is 1. The highest BCUT2D eigenvalue weighted by Gasteiger charge is 2.15. The Kier molecular flexibility index (Phi) is 7.30. The van der Waals surface area contributed by atoms with Crippen LogP contribution in [0.1, 0.15) is 51.0 Å². The molecule has 0 heterocycles. The van der Waals surface area contributed by atoms with Crippen LogP contribution in [0.5, 0.6) is 0 Å². The van der Waals surface area contributed by atoms with Crippen molar-refractivity contribution in [1.82, 2.24) is 0 Å². The highest BCUT2D eigenvalue weighted by atomic mass is 35.5. The average molecular weight is 339 g/mol. The minimum atomic E-state index is -4.27. The maximum absolute atomic E-state index is 11.0. The second kappa shape index (κ2) is 8.23. The highest BCUT2D eigenvalue weighted by molar-refractivity contribution is 7.85. The Bertz CT molecular complexity index is 518. The molecule has 1 N–H and O–H groups in total. The fourth-order valence-electron chi connectivity index (χ4n) is 2.05. The number of halogens is 2. The molecule has 0 unspecified atom stereocenters. The van der Waals surface area contributed by atoms with Gasteiger partial charge in [-0.1, -0.05) is 62.2 Å². The number of hydrogen-bond acceptors (Lipinski definition) is 2. The zero-order chi connectivity index (χ0) is 15.2. The molecule has 0 spiro atoms. The smallest absolute Gasteiger partial charge is 0.282 e. The Hall–Kier alpha value is -0.290. The van der Waals surface area contributed by atoms with E-state index in [-0.39, 0.29) is 4.90 Å². The molecule has 1 aromatic rings. The van der Waals surface area contributed by atoms with Crippen LogP contribution in [0.4, 0.5) is 0 Å². The van der Waals surface area contributed by atoms with Crippen LogP contribution in [0.3, 0.4) is 0 Å². The molecule has 6 heteroatoms. The molecule has 0 aliphatic carbocycles. The van der Waals surface area contributed by atoms with Crippen LogP contribution in [0.15, 0.2) is 17.0 Å². The van der Waals surface area contributed by atoms with Gasteiger partial charge in [-0.2, -0.15) is 8.42 Å². The lowest BCUT2D eigenvalue weighted by Gasteiger charge is -2.09. The summed E-state index contributed by atoms with van der Waals surface area (Å²) in [6.45, 7) is 2.18. The monoisotopic (exact) mass is 338 g/mol. The van der Waals surface area contributed by atoms with Crippen molar-refractivity contribution in [3.05, 3.63) is 27.7 Å². The molecule has 0 aliphatic rings. The van der Waals surface area contributed by atoms with Crippen molar-refractivity contribution in [2.24, 2.45) is 0 Å². The van der Waals surface area contributed by atoms with Gasteiger partial charge in [0.15, 0.2) is 0 Å². The molecule has 0 bridgehead atoms. The van der Waals surface area contributed by atoms with Crippen molar-refractivity contribution in [1.29, 1.82) is 0 Å². The molecule has 1 rings (SSSR count). The molecule has 0 radical (unpaired) electrons. The van der Waals surface area contributed by atoms with E-state index in [1.54, 1.807) is 0 Å². The normalized spacial score (nSPS) is 11.8. The van der Waals surface area contributed by atoms with Gasteiger partial charge in [0.2, 0.25) is 0 Å². The van der Waals surface area contributed by atoms with E-state index in [0.29, 0.717) is 10.0 Å². The van der Waals surface area contributed by atoms with E-state index < -0.39 is 10.1 Å². The van der Waals surface area contributed by atoms with E-state index in [1.165, 1.54) is 37.8 Å². The fraction of sp³-hybridized carbons (Fsp3) is 0.571. The lowest BCUT2D eigenvalue weighted by atomic mass is 10.0. The van der Waals surface area contributed by atoms with Gasteiger partial charge in [0.05, 0.1) is 4.90 Å². The van der Waals surface area contributed by atoms with Crippen LogP contribution in [0.2, 0.25) is 10.0 Å². The summed E-state index contributed by atoms with van der Waals surface area (Å²) in [7, 11) is -4.27. The van der Waals surface area contributed by atoms with Gasteiger partial charge in [0.1, 0.15) is 0 Å². The van der Waals surface area contributed by atoms with Crippen LogP contribution in [-0.4, -0.2) is 13.0 Å². The standard InChI is InChI=1S/C14H20Cl2O3S/c1-2-3-4-5-6-7-8-12-13(15)9-11(10-14(12)16)20(17,18)19/h9-10H,2-8H2,1H3,(H,17,18,19). The minimum Gasteiger partial charge on any atom is -0.282 e. The molecule has 0 fully saturated rings. The molecule has 0 aromatic heterocycles. The van der Waals surface area contributed by atoms with Gasteiger partial charge in [-0.3, -0.25) is 4.55 Å². The van der Waals surface area contributed by atoms with Crippen molar-refractivity contribution in [3.63, 3.8) is 0 Å². The molecular formula is C14H20Cl2O3S. The predicted octanol–water partition coefficient (Wildman–Crippen LogP) is 5.14. The number of unbranched alkanes of at least 4 members (excludes halogenated alkanes) is 5. The van der Waals surface area contributed by atoms with E-state index >= 15 is 0 Å². The lowest BCUT2D eigenvalue weighted by Crippen LogP contribution is -2.00. The maximum atomic E-state index is 11.0. The first kappa shape index (κ1) is 17.8. The van der Waals surface area contributed by atoms with Crippen LogP contribution in [0.25, 0.3) is 0 Å². The summed E-state index contributed by atoms with van der Waals surface area (Å²) in [6.07, 6.45) is 7.68. The van der Waals surface area contributed by atoms with Crippen molar-refractivity contribution < 1.29 is 13.0 Å². The molecule has 1 aromatic carbocycles. The summed E-state index contributed by atoms with van der Waals surface area (Å²) in [6, 6.07) is 2.49. The van der Waals surface area contributed by atoms with Gasteiger partial charge in [-0.25, -0.2) is 0 Å². The van der Waals surface area contributed by atoms with Crippen LogP contribution in [-0.2, 0) is 16.5 Å². The molecule has 3 nitrogen and oxygen atoms in total. The van der Waals surface area contributed by atoms with Gasteiger partial charge < -0.3 is 0 Å². The first-order valence-electron chi connectivity index (χ1n) is 6.81. The zero-order valence-electron chi connectivity index (χ0n) is 11.5. The maximum Gasteiger partial charge on any atom is 0.294 e. The van der Waals surface area contributed by atoms with Crippen LogP contribution < -0.4 is 0 Å². The molecule has 0 amide bonds.